The summed E-state index contributed by atoms with van der Waals surface area (Å²) in [5, 5.41) is 3.74. The quantitative estimate of drug-likeness (QED) is 0.817. The van der Waals surface area contributed by atoms with Crippen molar-refractivity contribution in [3.05, 3.63) is 0 Å². The van der Waals surface area contributed by atoms with Gasteiger partial charge in [-0.15, -0.1) is 0 Å². The monoisotopic (exact) mass is 266 g/mol. The van der Waals surface area contributed by atoms with Crippen molar-refractivity contribution in [2.24, 2.45) is 11.8 Å². The normalized spacial score (nSPS) is 32.7. The molecule has 0 radical (unpaired) electrons. The van der Waals surface area contributed by atoms with Crippen LogP contribution in [0, 0.1) is 11.8 Å². The molecular formula is C17H34N2. The molecule has 2 rings (SSSR count). The molecule has 2 fully saturated rings. The van der Waals surface area contributed by atoms with Crippen LogP contribution in [0.15, 0.2) is 0 Å². The standard InChI is InChI=1S/C17H34N2/c1-5-14-9-8-10-15(13-14)16(18-2)17(19(3)4)11-6-7-12-17/h14-16,18H,5-13H2,1-4H3. The van der Waals surface area contributed by atoms with Crippen LogP contribution in [0.2, 0.25) is 0 Å². The first-order chi connectivity index (χ1) is 9.14. The number of rotatable bonds is 5. The van der Waals surface area contributed by atoms with Gasteiger partial charge in [-0.25, -0.2) is 0 Å². The second-order valence-electron chi connectivity index (χ2n) is 7.17. The van der Waals surface area contributed by atoms with Crippen LogP contribution in [-0.4, -0.2) is 37.6 Å². The molecule has 2 heteroatoms. The molecule has 112 valence electrons. The zero-order valence-corrected chi connectivity index (χ0v) is 13.5. The molecule has 2 saturated carbocycles. The Morgan fingerprint density at radius 1 is 1.16 bits per heavy atom. The summed E-state index contributed by atoms with van der Waals surface area (Å²) in [7, 11) is 6.80. The maximum absolute atomic E-state index is 3.74. The van der Waals surface area contributed by atoms with Crippen LogP contribution in [-0.2, 0) is 0 Å². The van der Waals surface area contributed by atoms with Crippen LogP contribution < -0.4 is 5.32 Å². The van der Waals surface area contributed by atoms with E-state index in [-0.39, 0.29) is 0 Å². The van der Waals surface area contributed by atoms with Crippen LogP contribution in [0.5, 0.6) is 0 Å². The van der Waals surface area contributed by atoms with E-state index in [4.69, 9.17) is 0 Å². The van der Waals surface area contributed by atoms with Crippen LogP contribution >= 0.6 is 0 Å². The lowest BCUT2D eigenvalue weighted by molar-refractivity contribution is 0.0560. The molecule has 0 bridgehead atoms. The van der Waals surface area contributed by atoms with Crippen LogP contribution in [0.25, 0.3) is 0 Å². The third-order valence-electron chi connectivity index (χ3n) is 6.12. The lowest BCUT2D eigenvalue weighted by Crippen LogP contribution is -2.60. The molecule has 2 nitrogen and oxygen atoms in total. The molecule has 0 amide bonds. The average molecular weight is 266 g/mol. The van der Waals surface area contributed by atoms with Gasteiger partial charge in [-0.3, -0.25) is 0 Å². The van der Waals surface area contributed by atoms with Gasteiger partial charge in [0.05, 0.1) is 0 Å². The summed E-state index contributed by atoms with van der Waals surface area (Å²) >= 11 is 0. The smallest absolute Gasteiger partial charge is 0.0359 e. The molecule has 0 spiro atoms. The number of hydrogen-bond donors (Lipinski definition) is 1. The molecule has 3 unspecified atom stereocenters. The van der Waals surface area contributed by atoms with Gasteiger partial charge in [0.25, 0.3) is 0 Å². The van der Waals surface area contributed by atoms with Crippen molar-refractivity contribution in [1.29, 1.82) is 0 Å². The Balaban J connectivity index is 2.13. The highest BCUT2D eigenvalue weighted by atomic mass is 15.2. The first kappa shape index (κ1) is 15.3. The summed E-state index contributed by atoms with van der Waals surface area (Å²) in [6, 6.07) is 0.694. The van der Waals surface area contributed by atoms with Gasteiger partial charge in [-0.05, 0) is 58.7 Å². The van der Waals surface area contributed by atoms with Crippen molar-refractivity contribution in [3.63, 3.8) is 0 Å². The number of likely N-dealkylation sites (N-methyl/N-ethyl adjacent to an activating group) is 2. The SMILES string of the molecule is CCC1CCCC(C(NC)C2(N(C)C)CCCC2)C1. The van der Waals surface area contributed by atoms with Crippen molar-refractivity contribution in [1.82, 2.24) is 10.2 Å². The summed E-state index contributed by atoms with van der Waals surface area (Å²) in [4.78, 5) is 2.54. The van der Waals surface area contributed by atoms with E-state index < -0.39 is 0 Å². The highest BCUT2D eigenvalue weighted by Crippen LogP contribution is 2.43. The van der Waals surface area contributed by atoms with Gasteiger partial charge in [0.15, 0.2) is 0 Å². The fourth-order valence-electron chi connectivity index (χ4n) is 4.97. The topological polar surface area (TPSA) is 15.3 Å². The molecule has 2 aliphatic carbocycles. The summed E-state index contributed by atoms with van der Waals surface area (Å²) < 4.78 is 0. The van der Waals surface area contributed by atoms with Crippen LogP contribution in [0.4, 0.5) is 0 Å². The summed E-state index contributed by atoms with van der Waals surface area (Å²) in [5.41, 5.74) is 0.426. The minimum Gasteiger partial charge on any atom is -0.315 e. The van der Waals surface area contributed by atoms with Crippen molar-refractivity contribution >= 4 is 0 Å². The average Bonchev–Trinajstić information content (AvgIpc) is 2.90. The van der Waals surface area contributed by atoms with Gasteiger partial charge >= 0.3 is 0 Å². The van der Waals surface area contributed by atoms with Crippen molar-refractivity contribution in [2.45, 2.75) is 76.3 Å². The molecule has 3 atom stereocenters. The molecule has 0 aliphatic heterocycles. The molecule has 19 heavy (non-hydrogen) atoms. The summed E-state index contributed by atoms with van der Waals surface area (Å²) in [5.74, 6) is 1.87. The fourth-order valence-corrected chi connectivity index (χ4v) is 4.97. The van der Waals surface area contributed by atoms with E-state index in [1.165, 1.54) is 57.8 Å². The third-order valence-corrected chi connectivity index (χ3v) is 6.12. The second-order valence-corrected chi connectivity index (χ2v) is 7.17. The Kier molecular flexibility index (Phi) is 5.30. The largest absolute Gasteiger partial charge is 0.315 e. The van der Waals surface area contributed by atoms with E-state index in [2.05, 4.69) is 38.3 Å². The van der Waals surface area contributed by atoms with Gasteiger partial charge in [0.1, 0.15) is 0 Å². The molecule has 0 aromatic carbocycles. The van der Waals surface area contributed by atoms with Crippen LogP contribution in [0.3, 0.4) is 0 Å². The highest BCUT2D eigenvalue weighted by molar-refractivity contribution is 5.04. The van der Waals surface area contributed by atoms with Crippen LogP contribution in [0.1, 0.15) is 64.7 Å². The summed E-state index contributed by atoms with van der Waals surface area (Å²) in [6.45, 7) is 2.37. The van der Waals surface area contributed by atoms with E-state index in [0.29, 0.717) is 11.6 Å². The Morgan fingerprint density at radius 2 is 1.84 bits per heavy atom. The Morgan fingerprint density at radius 3 is 2.37 bits per heavy atom. The summed E-state index contributed by atoms with van der Waals surface area (Å²) in [6.07, 6.45) is 12.8. The molecule has 2 aliphatic rings. The minimum atomic E-state index is 0.426. The minimum absolute atomic E-state index is 0.426. The molecule has 0 heterocycles. The molecule has 0 aromatic rings. The zero-order valence-electron chi connectivity index (χ0n) is 13.5. The van der Waals surface area contributed by atoms with Gasteiger partial charge < -0.3 is 10.2 Å². The lowest BCUT2D eigenvalue weighted by Gasteiger charge is -2.48. The van der Waals surface area contributed by atoms with E-state index in [1.54, 1.807) is 0 Å². The maximum atomic E-state index is 3.74. The van der Waals surface area contributed by atoms with E-state index in [1.807, 2.05) is 0 Å². The Labute approximate surface area is 120 Å². The molecular weight excluding hydrogens is 232 g/mol. The van der Waals surface area contributed by atoms with Gasteiger partial charge in [0.2, 0.25) is 0 Å². The number of hydrogen-bond acceptors (Lipinski definition) is 2. The van der Waals surface area contributed by atoms with E-state index in [0.717, 1.165) is 11.8 Å². The first-order valence-electron chi connectivity index (χ1n) is 8.48. The molecule has 0 aromatic heterocycles. The predicted octanol–water partition coefficient (Wildman–Crippen LogP) is 3.67. The Bertz CT molecular complexity index is 268. The lowest BCUT2D eigenvalue weighted by atomic mass is 9.70. The van der Waals surface area contributed by atoms with Crippen molar-refractivity contribution in [3.8, 4) is 0 Å². The van der Waals surface area contributed by atoms with E-state index >= 15 is 0 Å². The second kappa shape index (κ2) is 6.58. The predicted molar refractivity (Wildman–Crippen MR) is 83.5 cm³/mol. The molecule has 1 N–H and O–H groups in total. The first-order valence-corrected chi connectivity index (χ1v) is 8.48. The maximum Gasteiger partial charge on any atom is 0.0359 e. The number of nitrogens with one attached hydrogen (secondary N) is 1. The van der Waals surface area contributed by atoms with Crippen molar-refractivity contribution in [2.75, 3.05) is 21.1 Å². The van der Waals surface area contributed by atoms with Gasteiger partial charge in [0, 0.05) is 11.6 Å². The molecule has 0 saturated heterocycles. The van der Waals surface area contributed by atoms with Crippen molar-refractivity contribution < 1.29 is 0 Å². The Hall–Kier alpha value is -0.0800. The zero-order chi connectivity index (χ0) is 13.9. The van der Waals surface area contributed by atoms with Gasteiger partial charge in [-0.1, -0.05) is 39.0 Å². The number of nitrogens with zero attached hydrogens (tertiary/aromatic N) is 1. The highest BCUT2D eigenvalue weighted by Gasteiger charge is 2.46. The van der Waals surface area contributed by atoms with E-state index in [9.17, 15) is 0 Å². The van der Waals surface area contributed by atoms with Gasteiger partial charge in [-0.2, -0.15) is 0 Å². The fraction of sp³-hybridized carbons (Fsp3) is 1.00. The third kappa shape index (κ3) is 3.00.